The van der Waals surface area contributed by atoms with Gasteiger partial charge in [-0.15, -0.1) is 0 Å². The van der Waals surface area contributed by atoms with Gasteiger partial charge in [-0.3, -0.25) is 0 Å². The van der Waals surface area contributed by atoms with Gasteiger partial charge in [0.1, 0.15) is 19.8 Å². The van der Waals surface area contributed by atoms with Crippen LogP contribution in [0.3, 0.4) is 0 Å². The van der Waals surface area contributed by atoms with Gasteiger partial charge in [-0.25, -0.2) is 15.0 Å². The zero-order valence-electron chi connectivity index (χ0n) is 19.2. The number of anilines is 1. The summed E-state index contributed by atoms with van der Waals surface area (Å²) in [5.74, 6) is 2.37. The second-order valence-corrected chi connectivity index (χ2v) is 8.43. The van der Waals surface area contributed by atoms with Gasteiger partial charge in [-0.05, 0) is 47.0 Å². The molecule has 1 aliphatic heterocycles. The Bertz CT molecular complexity index is 832. The van der Waals surface area contributed by atoms with Crippen molar-refractivity contribution in [2.75, 3.05) is 58.5 Å². The first kappa shape index (κ1) is 23.0. The van der Waals surface area contributed by atoms with Crippen molar-refractivity contribution < 1.29 is 14.2 Å². The van der Waals surface area contributed by atoms with E-state index in [0.29, 0.717) is 43.4 Å². The van der Waals surface area contributed by atoms with Crippen molar-refractivity contribution >= 4 is 5.82 Å². The number of aromatic nitrogens is 3. The van der Waals surface area contributed by atoms with Crippen LogP contribution in [-0.2, 0) is 0 Å². The SMILES string of the molecule is C[C@@H]1CNCCN1c1nccnc1OCCOc1cccnc1OCC(C)(C)N(C)C. The molecule has 0 aliphatic carbocycles. The van der Waals surface area contributed by atoms with Crippen LogP contribution in [0.5, 0.6) is 17.5 Å². The van der Waals surface area contributed by atoms with E-state index < -0.39 is 0 Å². The van der Waals surface area contributed by atoms with Crippen molar-refractivity contribution in [3.05, 3.63) is 30.7 Å². The fourth-order valence-corrected chi connectivity index (χ4v) is 3.03. The van der Waals surface area contributed by atoms with Gasteiger partial charge in [-0.1, -0.05) is 0 Å². The van der Waals surface area contributed by atoms with E-state index in [1.54, 1.807) is 18.6 Å². The summed E-state index contributed by atoms with van der Waals surface area (Å²) in [7, 11) is 4.05. The van der Waals surface area contributed by atoms with Gasteiger partial charge in [-0.2, -0.15) is 0 Å². The molecule has 1 saturated heterocycles. The summed E-state index contributed by atoms with van der Waals surface area (Å²) >= 11 is 0. The number of ether oxygens (including phenoxy) is 3. The van der Waals surface area contributed by atoms with Crippen molar-refractivity contribution in [3.8, 4) is 17.5 Å². The lowest BCUT2D eigenvalue weighted by Gasteiger charge is -2.35. The molecule has 31 heavy (non-hydrogen) atoms. The lowest BCUT2D eigenvalue weighted by atomic mass is 10.1. The molecule has 2 aromatic heterocycles. The Balaban J connectivity index is 1.55. The Hall–Kier alpha value is -2.65. The average Bonchev–Trinajstić information content (AvgIpc) is 2.76. The maximum Gasteiger partial charge on any atom is 0.257 e. The first-order valence-corrected chi connectivity index (χ1v) is 10.7. The molecule has 3 heterocycles. The minimum atomic E-state index is -0.124. The van der Waals surface area contributed by atoms with Crippen LogP contribution in [0.1, 0.15) is 20.8 Å². The number of hydrogen-bond acceptors (Lipinski definition) is 9. The smallest absolute Gasteiger partial charge is 0.257 e. The molecule has 2 aromatic rings. The third-order valence-electron chi connectivity index (χ3n) is 5.51. The van der Waals surface area contributed by atoms with Crippen molar-refractivity contribution in [2.45, 2.75) is 32.4 Å². The highest BCUT2D eigenvalue weighted by molar-refractivity contribution is 5.49. The standard InChI is InChI=1S/C22H34N6O3/c1-17-15-23-11-12-28(17)19-21(26-10-9-24-19)30-14-13-29-18-7-6-8-25-20(18)31-16-22(2,3)27(4)5/h6-10,17,23H,11-16H2,1-5H3/t17-/m1/s1. The van der Waals surface area contributed by atoms with E-state index in [2.05, 4.69) is 50.8 Å². The quantitative estimate of drug-likeness (QED) is 0.568. The highest BCUT2D eigenvalue weighted by Crippen LogP contribution is 2.27. The number of nitrogens with one attached hydrogen (secondary N) is 1. The third kappa shape index (κ3) is 6.18. The number of rotatable bonds is 10. The molecule has 0 unspecified atom stereocenters. The zero-order chi connectivity index (χ0) is 22.3. The van der Waals surface area contributed by atoms with Crippen LogP contribution in [0.15, 0.2) is 30.7 Å². The molecule has 170 valence electrons. The first-order valence-electron chi connectivity index (χ1n) is 10.7. The maximum atomic E-state index is 5.94. The molecule has 0 aromatic carbocycles. The normalized spacial score (nSPS) is 17.0. The Labute approximate surface area is 184 Å². The molecule has 0 spiro atoms. The van der Waals surface area contributed by atoms with Crippen molar-refractivity contribution in [1.82, 2.24) is 25.2 Å². The third-order valence-corrected chi connectivity index (χ3v) is 5.51. The lowest BCUT2D eigenvalue weighted by molar-refractivity contribution is 0.107. The lowest BCUT2D eigenvalue weighted by Crippen LogP contribution is -2.50. The van der Waals surface area contributed by atoms with Crippen LogP contribution < -0.4 is 24.4 Å². The Morgan fingerprint density at radius 1 is 1.06 bits per heavy atom. The van der Waals surface area contributed by atoms with Crippen LogP contribution in [0.2, 0.25) is 0 Å². The topological polar surface area (TPSA) is 84.9 Å². The minimum absolute atomic E-state index is 0.124. The average molecular weight is 431 g/mol. The zero-order valence-corrected chi connectivity index (χ0v) is 19.2. The molecule has 1 N–H and O–H groups in total. The van der Waals surface area contributed by atoms with Gasteiger partial charge in [0.15, 0.2) is 11.6 Å². The largest absolute Gasteiger partial charge is 0.484 e. The van der Waals surface area contributed by atoms with Crippen molar-refractivity contribution in [3.63, 3.8) is 0 Å². The van der Waals surface area contributed by atoms with E-state index in [1.165, 1.54) is 0 Å². The molecule has 9 nitrogen and oxygen atoms in total. The van der Waals surface area contributed by atoms with E-state index in [1.807, 2.05) is 26.2 Å². The molecular weight excluding hydrogens is 396 g/mol. The summed E-state index contributed by atoms with van der Waals surface area (Å²) in [5.41, 5.74) is -0.124. The monoisotopic (exact) mass is 430 g/mol. The highest BCUT2D eigenvalue weighted by atomic mass is 16.5. The van der Waals surface area contributed by atoms with Gasteiger partial charge in [0, 0.05) is 49.8 Å². The second-order valence-electron chi connectivity index (χ2n) is 8.43. The van der Waals surface area contributed by atoms with E-state index in [4.69, 9.17) is 14.2 Å². The van der Waals surface area contributed by atoms with Gasteiger partial charge < -0.3 is 29.3 Å². The molecule has 9 heteroatoms. The van der Waals surface area contributed by atoms with Gasteiger partial charge in [0.2, 0.25) is 0 Å². The summed E-state index contributed by atoms with van der Waals surface area (Å²) in [6.45, 7) is 10.3. The highest BCUT2D eigenvalue weighted by Gasteiger charge is 2.24. The summed E-state index contributed by atoms with van der Waals surface area (Å²) in [6.07, 6.45) is 5.04. The predicted molar refractivity (Wildman–Crippen MR) is 120 cm³/mol. The summed E-state index contributed by atoms with van der Waals surface area (Å²) in [4.78, 5) is 17.5. The van der Waals surface area contributed by atoms with Crippen LogP contribution in [0.25, 0.3) is 0 Å². The van der Waals surface area contributed by atoms with E-state index in [0.717, 1.165) is 25.5 Å². The number of piperazine rings is 1. The summed E-state index contributed by atoms with van der Waals surface area (Å²) < 4.78 is 17.7. The summed E-state index contributed by atoms with van der Waals surface area (Å²) in [6, 6.07) is 4.00. The van der Waals surface area contributed by atoms with E-state index >= 15 is 0 Å². The molecule has 0 saturated carbocycles. The number of likely N-dealkylation sites (N-methyl/N-ethyl adjacent to an activating group) is 1. The van der Waals surface area contributed by atoms with Gasteiger partial charge >= 0.3 is 0 Å². The second kappa shape index (κ2) is 10.6. The van der Waals surface area contributed by atoms with Crippen LogP contribution in [0, 0.1) is 0 Å². The predicted octanol–water partition coefficient (Wildman–Crippen LogP) is 1.85. The van der Waals surface area contributed by atoms with Crippen LogP contribution in [0.4, 0.5) is 5.82 Å². The first-order chi connectivity index (χ1) is 14.9. The Kier molecular flexibility index (Phi) is 7.86. The molecule has 3 rings (SSSR count). The fraction of sp³-hybridized carbons (Fsp3) is 0.591. The molecule has 0 bridgehead atoms. The number of nitrogens with zero attached hydrogens (tertiary/aromatic N) is 5. The maximum absolute atomic E-state index is 5.94. The molecule has 0 amide bonds. The van der Waals surface area contributed by atoms with Crippen LogP contribution in [-0.4, -0.2) is 85.0 Å². The summed E-state index contributed by atoms with van der Waals surface area (Å²) in [5, 5.41) is 3.38. The van der Waals surface area contributed by atoms with Crippen molar-refractivity contribution in [1.29, 1.82) is 0 Å². The van der Waals surface area contributed by atoms with Gasteiger partial charge in [0.25, 0.3) is 11.8 Å². The Morgan fingerprint density at radius 3 is 2.58 bits per heavy atom. The molecule has 1 fully saturated rings. The molecule has 1 atom stereocenters. The number of hydrogen-bond donors (Lipinski definition) is 1. The molecule has 1 aliphatic rings. The van der Waals surface area contributed by atoms with Gasteiger partial charge in [0.05, 0.1) is 0 Å². The van der Waals surface area contributed by atoms with Crippen molar-refractivity contribution in [2.24, 2.45) is 0 Å². The number of pyridine rings is 1. The molecular formula is C22H34N6O3. The Morgan fingerprint density at radius 2 is 1.81 bits per heavy atom. The minimum Gasteiger partial charge on any atom is -0.484 e. The van der Waals surface area contributed by atoms with Crippen LogP contribution >= 0.6 is 0 Å². The fourth-order valence-electron chi connectivity index (χ4n) is 3.03. The van der Waals surface area contributed by atoms with E-state index in [-0.39, 0.29) is 5.54 Å². The molecule has 0 radical (unpaired) electrons. The van der Waals surface area contributed by atoms with E-state index in [9.17, 15) is 0 Å².